The molecule has 3 heterocycles. The number of hydrogen-bond donors (Lipinski definition) is 0. The molecule has 0 N–H and O–H groups in total. The Kier molecular flexibility index (Phi) is 4.52. The second-order valence-electron chi connectivity index (χ2n) is 8.10. The second kappa shape index (κ2) is 6.46. The van der Waals surface area contributed by atoms with E-state index in [-0.39, 0.29) is 30.5 Å². The summed E-state index contributed by atoms with van der Waals surface area (Å²) in [4.78, 5) is 0. The third-order valence-corrected chi connectivity index (χ3v) is 5.20. The molecule has 3 aliphatic rings. The van der Waals surface area contributed by atoms with Gasteiger partial charge >= 0.3 is 0 Å². The molecule has 3 saturated heterocycles. The molecule has 6 heteroatoms. The van der Waals surface area contributed by atoms with Crippen LogP contribution >= 0.6 is 0 Å². The molecule has 4 rings (SSSR count). The van der Waals surface area contributed by atoms with Crippen LogP contribution in [0.3, 0.4) is 0 Å². The molecule has 1 aromatic rings. The standard InChI is InChI=1S/C20H28O6/c1-19(2)22-11-16(25-19)17-18-15(24-20(3,4)26-18)10-14(23-17)12-6-8-13(21-5)9-7-12/h6-9,14-18H,10-11H2,1-5H3/t14-,15+,16+,17+,18+/m0/s1. The van der Waals surface area contributed by atoms with E-state index in [1.807, 2.05) is 52.0 Å². The number of rotatable bonds is 3. The van der Waals surface area contributed by atoms with Crippen molar-refractivity contribution in [3.8, 4) is 5.75 Å². The van der Waals surface area contributed by atoms with Gasteiger partial charge in [0.05, 0.1) is 25.9 Å². The van der Waals surface area contributed by atoms with E-state index in [1.54, 1.807) is 7.11 Å². The number of ether oxygens (including phenoxy) is 6. The van der Waals surface area contributed by atoms with E-state index in [0.717, 1.165) is 17.7 Å². The highest BCUT2D eigenvalue weighted by atomic mass is 16.8. The van der Waals surface area contributed by atoms with Gasteiger partial charge in [0.2, 0.25) is 0 Å². The van der Waals surface area contributed by atoms with Crippen molar-refractivity contribution >= 4 is 0 Å². The summed E-state index contributed by atoms with van der Waals surface area (Å²) < 4.78 is 35.9. The van der Waals surface area contributed by atoms with Gasteiger partial charge in [0.1, 0.15) is 24.1 Å². The van der Waals surface area contributed by atoms with Crippen molar-refractivity contribution in [2.24, 2.45) is 0 Å². The second-order valence-corrected chi connectivity index (χ2v) is 8.10. The molecule has 0 saturated carbocycles. The zero-order chi connectivity index (χ0) is 18.5. The molecule has 0 bridgehead atoms. The van der Waals surface area contributed by atoms with Gasteiger partial charge in [-0.2, -0.15) is 0 Å². The Labute approximate surface area is 154 Å². The number of fused-ring (bicyclic) bond motifs is 1. The molecule has 26 heavy (non-hydrogen) atoms. The number of benzene rings is 1. The SMILES string of the molecule is COc1ccc([C@@H]2C[C@H]3OC(C)(C)O[C@H]3[C@@H]([C@H]3COC(C)(C)O3)O2)cc1. The first-order valence-corrected chi connectivity index (χ1v) is 9.23. The van der Waals surface area contributed by atoms with E-state index in [0.29, 0.717) is 6.61 Å². The lowest BCUT2D eigenvalue weighted by Crippen LogP contribution is -2.51. The first-order chi connectivity index (χ1) is 12.3. The highest BCUT2D eigenvalue weighted by Crippen LogP contribution is 2.44. The molecule has 0 aromatic heterocycles. The van der Waals surface area contributed by atoms with Crippen LogP contribution in [-0.2, 0) is 23.7 Å². The maximum absolute atomic E-state index is 6.48. The van der Waals surface area contributed by atoms with Gasteiger partial charge in [0.25, 0.3) is 0 Å². The molecule has 3 aliphatic heterocycles. The smallest absolute Gasteiger partial charge is 0.163 e. The minimum absolute atomic E-state index is 0.0387. The number of hydrogen-bond acceptors (Lipinski definition) is 6. The van der Waals surface area contributed by atoms with Gasteiger partial charge in [-0.05, 0) is 45.4 Å². The van der Waals surface area contributed by atoms with Crippen LogP contribution in [0.1, 0.15) is 45.8 Å². The lowest BCUT2D eigenvalue weighted by Gasteiger charge is -2.39. The van der Waals surface area contributed by atoms with Gasteiger partial charge in [0.15, 0.2) is 11.6 Å². The quantitative estimate of drug-likeness (QED) is 0.821. The molecule has 6 nitrogen and oxygen atoms in total. The van der Waals surface area contributed by atoms with Crippen LogP contribution in [0.15, 0.2) is 24.3 Å². The monoisotopic (exact) mass is 364 g/mol. The lowest BCUT2D eigenvalue weighted by molar-refractivity contribution is -0.205. The molecule has 0 radical (unpaired) electrons. The van der Waals surface area contributed by atoms with E-state index in [4.69, 9.17) is 28.4 Å². The van der Waals surface area contributed by atoms with Crippen molar-refractivity contribution in [2.75, 3.05) is 13.7 Å². The highest BCUT2D eigenvalue weighted by Gasteiger charge is 2.54. The maximum atomic E-state index is 6.48. The van der Waals surface area contributed by atoms with Gasteiger partial charge in [-0.15, -0.1) is 0 Å². The van der Waals surface area contributed by atoms with Crippen LogP contribution in [0, 0.1) is 0 Å². The van der Waals surface area contributed by atoms with Gasteiger partial charge in [-0.1, -0.05) is 12.1 Å². The zero-order valence-corrected chi connectivity index (χ0v) is 16.1. The Morgan fingerprint density at radius 3 is 2.19 bits per heavy atom. The van der Waals surface area contributed by atoms with Gasteiger partial charge in [0, 0.05) is 6.42 Å². The third kappa shape index (κ3) is 3.49. The molecule has 0 unspecified atom stereocenters. The van der Waals surface area contributed by atoms with Crippen LogP contribution in [0.4, 0.5) is 0 Å². The molecule has 0 aliphatic carbocycles. The van der Waals surface area contributed by atoms with Crippen molar-refractivity contribution in [1.29, 1.82) is 0 Å². The average Bonchev–Trinajstić information content (AvgIpc) is 3.11. The largest absolute Gasteiger partial charge is 0.497 e. The Bertz CT molecular complexity index is 640. The molecule has 3 fully saturated rings. The summed E-state index contributed by atoms with van der Waals surface area (Å²) in [6.07, 6.45) is 0.0241. The molecular weight excluding hydrogens is 336 g/mol. The van der Waals surface area contributed by atoms with Gasteiger partial charge in [-0.3, -0.25) is 0 Å². The van der Waals surface area contributed by atoms with E-state index < -0.39 is 11.6 Å². The topological polar surface area (TPSA) is 55.4 Å². The van der Waals surface area contributed by atoms with E-state index in [9.17, 15) is 0 Å². The maximum Gasteiger partial charge on any atom is 0.163 e. The molecule has 144 valence electrons. The molecule has 0 spiro atoms. The van der Waals surface area contributed by atoms with Crippen LogP contribution in [-0.4, -0.2) is 49.7 Å². The summed E-state index contributed by atoms with van der Waals surface area (Å²) in [5.74, 6) is -0.401. The van der Waals surface area contributed by atoms with Crippen LogP contribution in [0.25, 0.3) is 0 Å². The van der Waals surface area contributed by atoms with Gasteiger partial charge in [-0.25, -0.2) is 0 Å². The fourth-order valence-electron chi connectivity index (χ4n) is 4.07. The summed E-state index contributed by atoms with van der Waals surface area (Å²) >= 11 is 0. The lowest BCUT2D eigenvalue weighted by atomic mass is 9.91. The van der Waals surface area contributed by atoms with Crippen molar-refractivity contribution in [3.05, 3.63) is 29.8 Å². The highest BCUT2D eigenvalue weighted by molar-refractivity contribution is 5.29. The molecule has 0 amide bonds. The predicted octanol–water partition coefficient (Wildman–Crippen LogP) is 3.20. The zero-order valence-electron chi connectivity index (χ0n) is 16.1. The summed E-state index contributed by atoms with van der Waals surface area (Å²) in [6, 6.07) is 7.98. The summed E-state index contributed by atoms with van der Waals surface area (Å²) in [5, 5.41) is 0. The van der Waals surface area contributed by atoms with E-state index >= 15 is 0 Å². The average molecular weight is 364 g/mol. The molecule has 1 aromatic carbocycles. The van der Waals surface area contributed by atoms with Crippen molar-refractivity contribution in [1.82, 2.24) is 0 Å². The van der Waals surface area contributed by atoms with Crippen molar-refractivity contribution in [3.63, 3.8) is 0 Å². The van der Waals surface area contributed by atoms with Gasteiger partial charge < -0.3 is 28.4 Å². The molecule has 5 atom stereocenters. The Hall–Kier alpha value is -1.18. The Balaban J connectivity index is 1.58. The first kappa shape index (κ1) is 18.2. The van der Waals surface area contributed by atoms with Crippen molar-refractivity contribution in [2.45, 2.75) is 76.2 Å². The Morgan fingerprint density at radius 1 is 0.885 bits per heavy atom. The minimum Gasteiger partial charge on any atom is -0.497 e. The summed E-state index contributed by atoms with van der Waals surface area (Å²) in [6.45, 7) is 8.22. The number of methoxy groups -OCH3 is 1. The first-order valence-electron chi connectivity index (χ1n) is 9.23. The fraction of sp³-hybridized carbons (Fsp3) is 0.700. The van der Waals surface area contributed by atoms with E-state index in [2.05, 4.69) is 0 Å². The van der Waals surface area contributed by atoms with Crippen LogP contribution in [0.2, 0.25) is 0 Å². The van der Waals surface area contributed by atoms with E-state index in [1.165, 1.54) is 0 Å². The van der Waals surface area contributed by atoms with Crippen LogP contribution in [0.5, 0.6) is 5.75 Å². The summed E-state index contributed by atoms with van der Waals surface area (Å²) in [7, 11) is 1.66. The van der Waals surface area contributed by atoms with Crippen molar-refractivity contribution < 1.29 is 28.4 Å². The minimum atomic E-state index is -0.624. The summed E-state index contributed by atoms with van der Waals surface area (Å²) in [5.41, 5.74) is 1.10. The predicted molar refractivity (Wildman–Crippen MR) is 94.0 cm³/mol. The normalized spacial score (nSPS) is 38.1. The molecular formula is C20H28O6. The Morgan fingerprint density at radius 2 is 1.58 bits per heavy atom. The third-order valence-electron chi connectivity index (χ3n) is 5.20. The fourth-order valence-corrected chi connectivity index (χ4v) is 4.07. The van der Waals surface area contributed by atoms with Crippen LogP contribution < -0.4 is 4.74 Å².